The van der Waals surface area contributed by atoms with Crippen molar-refractivity contribution < 1.29 is 9.90 Å². The largest absolute Gasteiger partial charge is 0.480 e. The molecule has 0 heterocycles. The smallest absolute Gasteiger partial charge is 0.322 e. The summed E-state index contributed by atoms with van der Waals surface area (Å²) >= 11 is 3.56. The molecule has 4 nitrogen and oxygen atoms in total. The fourth-order valence-corrected chi connectivity index (χ4v) is 2.77. The number of halogens is 1. The van der Waals surface area contributed by atoms with Gasteiger partial charge in [0.1, 0.15) is 6.04 Å². The molecule has 0 saturated carbocycles. The van der Waals surface area contributed by atoms with Gasteiger partial charge in [0.15, 0.2) is 0 Å². The summed E-state index contributed by atoms with van der Waals surface area (Å²) in [7, 11) is 1.65. The molecule has 0 aliphatic heterocycles. The Bertz CT molecular complexity index is 435. The molecular weight excluding hydrogens is 308 g/mol. The van der Waals surface area contributed by atoms with Gasteiger partial charge < -0.3 is 15.7 Å². The van der Waals surface area contributed by atoms with Crippen molar-refractivity contribution in [3.8, 4) is 0 Å². The molecule has 19 heavy (non-hydrogen) atoms. The van der Waals surface area contributed by atoms with E-state index in [0.29, 0.717) is 13.1 Å². The molecular formula is C14H21BrN2O2. The van der Waals surface area contributed by atoms with Crippen molar-refractivity contribution in [2.75, 3.05) is 20.1 Å². The summed E-state index contributed by atoms with van der Waals surface area (Å²) in [6, 6.07) is 7.53. The highest BCUT2D eigenvalue weighted by Gasteiger charge is 2.23. The summed E-state index contributed by atoms with van der Waals surface area (Å²) in [4.78, 5) is 10.9. The van der Waals surface area contributed by atoms with Gasteiger partial charge in [0, 0.05) is 23.0 Å². The minimum absolute atomic E-state index is 0.0725. The van der Waals surface area contributed by atoms with Crippen LogP contribution in [0.1, 0.15) is 19.4 Å². The Morgan fingerprint density at radius 1 is 1.42 bits per heavy atom. The minimum atomic E-state index is -0.839. The second-order valence-corrected chi connectivity index (χ2v) is 6.03. The van der Waals surface area contributed by atoms with Gasteiger partial charge in [-0.15, -0.1) is 0 Å². The molecule has 1 rings (SSSR count). The second-order valence-electron chi connectivity index (χ2n) is 5.17. The average molecular weight is 329 g/mol. The Morgan fingerprint density at radius 2 is 2.05 bits per heavy atom. The lowest BCUT2D eigenvalue weighted by atomic mass is 9.84. The fourth-order valence-electron chi connectivity index (χ4n) is 1.95. The van der Waals surface area contributed by atoms with Crippen LogP contribution in [0.15, 0.2) is 28.7 Å². The topological polar surface area (TPSA) is 61.4 Å². The molecule has 0 bridgehead atoms. The van der Waals surface area contributed by atoms with E-state index in [-0.39, 0.29) is 5.41 Å². The third-order valence-electron chi connectivity index (χ3n) is 3.16. The van der Waals surface area contributed by atoms with Crippen LogP contribution in [-0.4, -0.2) is 37.3 Å². The normalized spacial score (nSPS) is 13.3. The summed E-state index contributed by atoms with van der Waals surface area (Å²) in [6.45, 7) is 5.38. The van der Waals surface area contributed by atoms with E-state index in [0.717, 1.165) is 4.47 Å². The van der Waals surface area contributed by atoms with Crippen molar-refractivity contribution in [2.45, 2.75) is 25.3 Å². The van der Waals surface area contributed by atoms with Crippen LogP contribution < -0.4 is 10.6 Å². The number of nitrogens with one attached hydrogen (secondary N) is 2. The Balaban J connectivity index is 2.61. The van der Waals surface area contributed by atoms with Crippen molar-refractivity contribution in [1.82, 2.24) is 10.6 Å². The van der Waals surface area contributed by atoms with Gasteiger partial charge in [-0.3, -0.25) is 4.79 Å². The number of carboxylic acids is 1. The Kier molecular flexibility index (Phi) is 5.97. The predicted molar refractivity (Wildman–Crippen MR) is 80.5 cm³/mol. The van der Waals surface area contributed by atoms with E-state index in [1.54, 1.807) is 7.05 Å². The second kappa shape index (κ2) is 7.03. The molecule has 5 heteroatoms. The molecule has 3 N–H and O–H groups in total. The van der Waals surface area contributed by atoms with E-state index in [2.05, 4.69) is 46.5 Å². The highest BCUT2D eigenvalue weighted by Crippen LogP contribution is 2.29. The van der Waals surface area contributed by atoms with Gasteiger partial charge in [-0.05, 0) is 18.7 Å². The third-order valence-corrected chi connectivity index (χ3v) is 3.86. The van der Waals surface area contributed by atoms with Crippen LogP contribution in [0.4, 0.5) is 0 Å². The van der Waals surface area contributed by atoms with Gasteiger partial charge >= 0.3 is 5.97 Å². The van der Waals surface area contributed by atoms with E-state index in [1.807, 2.05) is 18.2 Å². The first kappa shape index (κ1) is 16.1. The maximum absolute atomic E-state index is 10.9. The molecule has 0 aliphatic carbocycles. The van der Waals surface area contributed by atoms with Gasteiger partial charge in [-0.25, -0.2) is 0 Å². The summed E-state index contributed by atoms with van der Waals surface area (Å²) in [5.74, 6) is -0.839. The molecule has 0 spiro atoms. The maximum Gasteiger partial charge on any atom is 0.322 e. The van der Waals surface area contributed by atoms with E-state index < -0.39 is 12.0 Å². The number of benzene rings is 1. The van der Waals surface area contributed by atoms with E-state index >= 15 is 0 Å². The monoisotopic (exact) mass is 328 g/mol. The number of carbonyl (C=O) groups is 1. The lowest BCUT2D eigenvalue weighted by Crippen LogP contribution is -2.45. The number of aliphatic carboxylic acids is 1. The van der Waals surface area contributed by atoms with E-state index in [4.69, 9.17) is 5.11 Å². The summed E-state index contributed by atoms with van der Waals surface area (Å²) in [5.41, 5.74) is 1.13. The molecule has 0 aliphatic rings. The zero-order valence-corrected chi connectivity index (χ0v) is 13.1. The Labute approximate surface area is 122 Å². The fraction of sp³-hybridized carbons (Fsp3) is 0.500. The van der Waals surface area contributed by atoms with Gasteiger partial charge in [0.2, 0.25) is 0 Å². The number of hydrogen-bond donors (Lipinski definition) is 3. The van der Waals surface area contributed by atoms with E-state index in [9.17, 15) is 4.79 Å². The van der Waals surface area contributed by atoms with Crippen LogP contribution in [0.2, 0.25) is 0 Å². The molecule has 1 aromatic rings. The van der Waals surface area contributed by atoms with Crippen LogP contribution >= 0.6 is 15.9 Å². The van der Waals surface area contributed by atoms with Crippen LogP contribution in [0.3, 0.4) is 0 Å². The predicted octanol–water partition coefficient (Wildman–Crippen LogP) is 1.99. The van der Waals surface area contributed by atoms with Gasteiger partial charge in [-0.2, -0.15) is 0 Å². The quantitative estimate of drug-likeness (QED) is 0.716. The van der Waals surface area contributed by atoms with Crippen LogP contribution in [0.25, 0.3) is 0 Å². The van der Waals surface area contributed by atoms with Crippen LogP contribution in [0, 0.1) is 0 Å². The highest BCUT2D eigenvalue weighted by molar-refractivity contribution is 9.10. The molecule has 1 aromatic carbocycles. The first-order chi connectivity index (χ1) is 8.88. The molecule has 106 valence electrons. The first-order valence-corrected chi connectivity index (χ1v) is 7.03. The SMILES string of the molecule is CNC(CNCC(C)(C)c1ccccc1Br)C(=O)O. The van der Waals surface area contributed by atoms with Crippen molar-refractivity contribution in [1.29, 1.82) is 0 Å². The third kappa shape index (κ3) is 4.60. The average Bonchev–Trinajstić information content (AvgIpc) is 2.34. The molecule has 1 atom stereocenters. The van der Waals surface area contributed by atoms with Crippen molar-refractivity contribution in [3.05, 3.63) is 34.3 Å². The summed E-state index contributed by atoms with van der Waals surface area (Å²) in [6.07, 6.45) is 0. The van der Waals surface area contributed by atoms with E-state index in [1.165, 1.54) is 5.56 Å². The van der Waals surface area contributed by atoms with Crippen LogP contribution in [0.5, 0.6) is 0 Å². The van der Waals surface area contributed by atoms with Crippen molar-refractivity contribution >= 4 is 21.9 Å². The molecule has 1 unspecified atom stereocenters. The maximum atomic E-state index is 10.9. The molecule has 0 amide bonds. The molecule has 0 aromatic heterocycles. The summed E-state index contributed by atoms with van der Waals surface area (Å²) < 4.78 is 1.07. The number of likely N-dealkylation sites (N-methyl/N-ethyl adjacent to an activating group) is 1. The highest BCUT2D eigenvalue weighted by atomic mass is 79.9. The van der Waals surface area contributed by atoms with Gasteiger partial charge in [-0.1, -0.05) is 48.0 Å². The minimum Gasteiger partial charge on any atom is -0.480 e. The van der Waals surface area contributed by atoms with Gasteiger partial charge in [0.25, 0.3) is 0 Å². The Morgan fingerprint density at radius 3 is 2.58 bits per heavy atom. The first-order valence-electron chi connectivity index (χ1n) is 6.24. The number of carboxylic acid groups (broad SMARTS) is 1. The lowest BCUT2D eigenvalue weighted by Gasteiger charge is -2.27. The molecule has 0 fully saturated rings. The standard InChI is InChI=1S/C14H21BrN2O2/c1-14(2,10-6-4-5-7-11(10)15)9-17-8-12(16-3)13(18)19/h4-7,12,16-17H,8-9H2,1-3H3,(H,18,19). The number of hydrogen-bond acceptors (Lipinski definition) is 3. The zero-order chi connectivity index (χ0) is 14.5. The molecule has 0 saturated heterocycles. The zero-order valence-electron chi connectivity index (χ0n) is 11.5. The summed E-state index contributed by atoms with van der Waals surface area (Å²) in [5, 5.41) is 14.9. The van der Waals surface area contributed by atoms with Crippen LogP contribution in [-0.2, 0) is 10.2 Å². The number of rotatable bonds is 7. The van der Waals surface area contributed by atoms with Crippen molar-refractivity contribution in [3.63, 3.8) is 0 Å². The molecule has 0 radical (unpaired) electrons. The lowest BCUT2D eigenvalue weighted by molar-refractivity contribution is -0.139. The Hall–Kier alpha value is -0.910. The van der Waals surface area contributed by atoms with Gasteiger partial charge in [0.05, 0.1) is 0 Å². The van der Waals surface area contributed by atoms with Crippen molar-refractivity contribution in [2.24, 2.45) is 0 Å².